The Hall–Kier alpha value is -3.61. The number of aromatic nitrogens is 1. The van der Waals surface area contributed by atoms with Crippen LogP contribution in [0, 0.1) is 13.8 Å². The number of methoxy groups -OCH3 is 1. The molecular formula is C26H31F3N6O2S. The highest BCUT2D eigenvalue weighted by Crippen LogP contribution is 2.41. The van der Waals surface area contributed by atoms with Crippen LogP contribution in [0.1, 0.15) is 51.3 Å². The van der Waals surface area contributed by atoms with Gasteiger partial charge in [-0.15, -0.1) is 11.3 Å². The maximum Gasteiger partial charge on any atom is 0.416 e. The van der Waals surface area contributed by atoms with E-state index < -0.39 is 17.6 Å². The van der Waals surface area contributed by atoms with E-state index in [1.165, 1.54) is 42.6 Å². The largest absolute Gasteiger partial charge is 0.494 e. The van der Waals surface area contributed by atoms with Gasteiger partial charge < -0.3 is 21.1 Å². The molecule has 0 aliphatic rings. The first-order valence-corrected chi connectivity index (χ1v) is 12.5. The monoisotopic (exact) mass is 548 g/mol. The number of thiazole rings is 1. The van der Waals surface area contributed by atoms with Gasteiger partial charge in [-0.1, -0.05) is 19.9 Å². The van der Waals surface area contributed by atoms with Crippen molar-refractivity contribution < 1.29 is 22.7 Å². The second-order valence-corrected chi connectivity index (χ2v) is 9.84. The maximum atomic E-state index is 13.9. The number of halogens is 3. The number of nitrogens with one attached hydrogen (secondary N) is 2. The smallest absolute Gasteiger partial charge is 0.416 e. The Morgan fingerprint density at radius 2 is 1.97 bits per heavy atom. The van der Waals surface area contributed by atoms with E-state index >= 15 is 0 Å². The zero-order valence-electron chi connectivity index (χ0n) is 21.7. The summed E-state index contributed by atoms with van der Waals surface area (Å²) in [4.78, 5) is 17.9. The lowest BCUT2D eigenvalue weighted by atomic mass is 9.98. The first-order valence-electron chi connectivity index (χ1n) is 11.7. The van der Waals surface area contributed by atoms with E-state index in [2.05, 4.69) is 15.6 Å². The number of aryl methyl sites for hydroxylation is 1. The lowest BCUT2D eigenvalue weighted by Gasteiger charge is -2.22. The summed E-state index contributed by atoms with van der Waals surface area (Å²) in [6.45, 7) is 7.09. The number of hydrazine groups is 1. The number of ether oxygens (including phenoxy) is 1. The molecule has 1 aromatic heterocycles. The Labute approximate surface area is 223 Å². The van der Waals surface area contributed by atoms with Crippen LogP contribution in [-0.4, -0.2) is 24.0 Å². The summed E-state index contributed by atoms with van der Waals surface area (Å²) in [6, 6.07) is 5.70. The molecule has 1 heterocycles. The molecule has 12 heteroatoms. The summed E-state index contributed by atoms with van der Waals surface area (Å²) in [6.07, 6.45) is -1.51. The first-order chi connectivity index (χ1) is 17.8. The third-order valence-corrected chi connectivity index (χ3v) is 6.68. The van der Waals surface area contributed by atoms with Crippen molar-refractivity contribution in [2.45, 2.75) is 46.5 Å². The fourth-order valence-corrected chi connectivity index (χ4v) is 4.36. The molecule has 0 saturated heterocycles. The minimum absolute atomic E-state index is 0.0241. The van der Waals surface area contributed by atoms with E-state index in [0.29, 0.717) is 16.9 Å². The second kappa shape index (κ2) is 11.8. The van der Waals surface area contributed by atoms with Crippen LogP contribution >= 0.6 is 11.3 Å². The number of hydrogen-bond donors (Lipinski definition) is 4. The molecule has 0 unspecified atom stereocenters. The lowest BCUT2D eigenvalue weighted by Crippen LogP contribution is -2.27. The molecule has 1 amide bonds. The number of anilines is 2. The van der Waals surface area contributed by atoms with Gasteiger partial charge in [-0.2, -0.15) is 13.2 Å². The number of nitrogens with two attached hydrogens (primary N) is 2. The van der Waals surface area contributed by atoms with Gasteiger partial charge in [-0.3, -0.25) is 14.8 Å². The van der Waals surface area contributed by atoms with Crippen molar-refractivity contribution in [2.24, 2.45) is 11.6 Å². The average molecular weight is 549 g/mol. The van der Waals surface area contributed by atoms with E-state index in [1.807, 2.05) is 13.8 Å². The van der Waals surface area contributed by atoms with E-state index in [-0.39, 0.29) is 35.2 Å². The van der Waals surface area contributed by atoms with Gasteiger partial charge in [0, 0.05) is 36.1 Å². The topological polar surface area (TPSA) is 119 Å². The highest BCUT2D eigenvalue weighted by molar-refractivity contribution is 7.10. The zero-order chi connectivity index (χ0) is 28.2. The number of benzene rings is 2. The van der Waals surface area contributed by atoms with Crippen LogP contribution in [-0.2, 0) is 12.7 Å². The Morgan fingerprint density at radius 3 is 2.55 bits per heavy atom. The number of rotatable bonds is 9. The molecule has 0 bridgehead atoms. The molecule has 38 heavy (non-hydrogen) atoms. The van der Waals surface area contributed by atoms with Crippen LogP contribution in [0.4, 0.5) is 24.5 Å². The molecule has 8 nitrogen and oxygen atoms in total. The molecule has 0 radical (unpaired) electrons. The molecule has 0 fully saturated rings. The van der Waals surface area contributed by atoms with Gasteiger partial charge in [-0.25, -0.2) is 5.84 Å². The molecule has 2 aromatic carbocycles. The van der Waals surface area contributed by atoms with E-state index in [4.69, 9.17) is 16.3 Å². The highest BCUT2D eigenvalue weighted by atomic mass is 32.1. The fourth-order valence-electron chi connectivity index (χ4n) is 3.82. The molecule has 3 aromatic rings. The molecule has 0 atom stereocenters. The summed E-state index contributed by atoms with van der Waals surface area (Å²) in [5.41, 5.74) is 8.95. The summed E-state index contributed by atoms with van der Waals surface area (Å²) >= 11 is 1.35. The number of carbonyl (C=O) groups excluding carboxylic acids is 1. The van der Waals surface area contributed by atoms with E-state index in [9.17, 15) is 18.0 Å². The predicted molar refractivity (Wildman–Crippen MR) is 145 cm³/mol. The first kappa shape index (κ1) is 29.0. The minimum atomic E-state index is -4.62. The Bertz CT molecular complexity index is 1320. The van der Waals surface area contributed by atoms with Gasteiger partial charge >= 0.3 is 6.18 Å². The van der Waals surface area contributed by atoms with Gasteiger partial charge in [0.15, 0.2) is 0 Å². The molecule has 0 spiro atoms. The van der Waals surface area contributed by atoms with Gasteiger partial charge in [0.25, 0.3) is 5.91 Å². The second-order valence-electron chi connectivity index (χ2n) is 8.95. The Morgan fingerprint density at radius 1 is 1.26 bits per heavy atom. The van der Waals surface area contributed by atoms with Crippen LogP contribution < -0.4 is 32.0 Å². The van der Waals surface area contributed by atoms with Crippen molar-refractivity contribution in [1.82, 2.24) is 10.3 Å². The minimum Gasteiger partial charge on any atom is -0.494 e. The molecular weight excluding hydrogens is 517 g/mol. The van der Waals surface area contributed by atoms with Crippen molar-refractivity contribution in [3.05, 3.63) is 74.9 Å². The maximum absolute atomic E-state index is 13.9. The van der Waals surface area contributed by atoms with Crippen LogP contribution in [0.2, 0.25) is 0 Å². The third kappa shape index (κ3) is 6.63. The van der Waals surface area contributed by atoms with Crippen LogP contribution in [0.15, 0.2) is 42.2 Å². The highest BCUT2D eigenvalue weighted by Gasteiger charge is 2.35. The number of alkyl halides is 3. The summed E-state index contributed by atoms with van der Waals surface area (Å²) < 4.78 is 47.1. The molecule has 0 aliphatic carbocycles. The van der Waals surface area contributed by atoms with Crippen LogP contribution in [0.5, 0.6) is 5.75 Å². The zero-order valence-corrected chi connectivity index (χ0v) is 22.6. The van der Waals surface area contributed by atoms with Crippen molar-refractivity contribution in [2.75, 3.05) is 17.4 Å². The van der Waals surface area contributed by atoms with Crippen molar-refractivity contribution in [1.29, 1.82) is 0 Å². The van der Waals surface area contributed by atoms with Crippen molar-refractivity contribution in [3.8, 4) is 5.75 Å². The Balaban J connectivity index is 1.99. The molecule has 0 aliphatic heterocycles. The molecule has 204 valence electrons. The average Bonchev–Trinajstić information content (AvgIpc) is 3.38. The van der Waals surface area contributed by atoms with E-state index in [1.54, 1.807) is 30.8 Å². The standard InChI is InChI=1S/C26H31F3N6O2S/c1-14(2)33-10-18-16(4)19(26(27,28)29)9-21(24(18)37-5)34-25(36)17-7-6-15(3)22(8-17)35(31)12-20(30)23-11-32-13-38-23/h6-9,11-14,33H,10,30-31H2,1-5H3,(H,34,36)/b20-12-. The molecule has 0 saturated carbocycles. The van der Waals surface area contributed by atoms with Gasteiger partial charge in [-0.05, 0) is 43.2 Å². The van der Waals surface area contributed by atoms with E-state index in [0.717, 1.165) is 16.5 Å². The van der Waals surface area contributed by atoms with Gasteiger partial charge in [0.2, 0.25) is 0 Å². The van der Waals surface area contributed by atoms with Gasteiger partial charge in [0.05, 0.1) is 40.1 Å². The normalized spacial score (nSPS) is 12.1. The molecule has 6 N–H and O–H groups in total. The lowest BCUT2D eigenvalue weighted by molar-refractivity contribution is -0.138. The summed E-state index contributed by atoms with van der Waals surface area (Å²) in [5, 5.41) is 7.00. The summed E-state index contributed by atoms with van der Waals surface area (Å²) in [7, 11) is 1.35. The number of amides is 1. The van der Waals surface area contributed by atoms with Crippen LogP contribution in [0.3, 0.4) is 0 Å². The third-order valence-electron chi connectivity index (χ3n) is 5.85. The van der Waals surface area contributed by atoms with Crippen molar-refractivity contribution in [3.63, 3.8) is 0 Å². The number of hydrogen-bond acceptors (Lipinski definition) is 8. The predicted octanol–water partition coefficient (Wildman–Crippen LogP) is 5.18. The molecule has 3 rings (SSSR count). The van der Waals surface area contributed by atoms with Crippen LogP contribution in [0.25, 0.3) is 5.70 Å². The fraction of sp³-hybridized carbons (Fsp3) is 0.308. The van der Waals surface area contributed by atoms with Gasteiger partial charge in [0.1, 0.15) is 5.75 Å². The SMILES string of the molecule is COc1c(NC(=O)c2ccc(C)c(N(N)/C=C(\N)c3cncs3)c2)cc(C(F)(F)F)c(C)c1CNC(C)C. The summed E-state index contributed by atoms with van der Waals surface area (Å²) in [5.74, 6) is 5.74. The number of carbonyl (C=O) groups is 1. The van der Waals surface area contributed by atoms with Crippen molar-refractivity contribution >= 4 is 34.3 Å². The Kier molecular flexibility index (Phi) is 9.02. The number of nitrogens with zero attached hydrogens (tertiary/aromatic N) is 2. The quantitative estimate of drug-likeness (QED) is 0.215.